The molecule has 0 saturated heterocycles. The lowest BCUT2D eigenvalue weighted by Crippen LogP contribution is -2.53. The van der Waals surface area contributed by atoms with Crippen LogP contribution in [0, 0.1) is 0 Å². The lowest BCUT2D eigenvalue weighted by molar-refractivity contribution is -0.150. The van der Waals surface area contributed by atoms with E-state index in [1.54, 1.807) is 6.92 Å². The van der Waals surface area contributed by atoms with Gasteiger partial charge in [0.1, 0.15) is 0 Å². The maximum atomic E-state index is 12.4. The first-order valence-electron chi connectivity index (χ1n) is 7.74. The molecule has 21 heavy (non-hydrogen) atoms. The number of nitrogens with two attached hydrogens (primary N) is 1. The molecule has 0 aromatic heterocycles. The van der Waals surface area contributed by atoms with Crippen LogP contribution in [0.1, 0.15) is 38.7 Å². The Morgan fingerprint density at radius 2 is 1.90 bits per heavy atom. The number of benzene rings is 1. The first kappa shape index (κ1) is 17.7. The molecule has 0 radical (unpaired) electrons. The van der Waals surface area contributed by atoms with E-state index in [9.17, 15) is 4.79 Å². The van der Waals surface area contributed by atoms with Crippen molar-refractivity contribution < 1.29 is 9.53 Å². The fourth-order valence-electron chi connectivity index (χ4n) is 2.41. The third kappa shape index (κ3) is 5.14. The highest BCUT2D eigenvalue weighted by molar-refractivity contribution is 5.82. The Hall–Kier alpha value is -1.39. The minimum absolute atomic E-state index is 0.337. The van der Waals surface area contributed by atoms with E-state index < -0.39 is 5.54 Å². The molecule has 4 heteroatoms. The predicted molar refractivity (Wildman–Crippen MR) is 86.0 cm³/mol. The number of carbonyl (C=O) groups excluding carboxylic acids is 1. The quantitative estimate of drug-likeness (QED) is 0.561. The minimum Gasteiger partial charge on any atom is -0.464 e. The van der Waals surface area contributed by atoms with Gasteiger partial charge in [-0.05, 0) is 32.5 Å². The van der Waals surface area contributed by atoms with Crippen molar-refractivity contribution in [2.75, 3.05) is 26.7 Å². The molecule has 0 aliphatic rings. The second-order valence-electron chi connectivity index (χ2n) is 5.50. The molecule has 0 heterocycles. The Balaban J connectivity index is 2.85. The van der Waals surface area contributed by atoms with Gasteiger partial charge in [-0.15, -0.1) is 0 Å². The van der Waals surface area contributed by atoms with Crippen LogP contribution < -0.4 is 5.73 Å². The number of hydrogen-bond donors (Lipinski definition) is 1. The van der Waals surface area contributed by atoms with Crippen LogP contribution in [-0.4, -0.2) is 37.6 Å². The minimum atomic E-state index is -1.11. The van der Waals surface area contributed by atoms with Crippen molar-refractivity contribution in [3.8, 4) is 0 Å². The lowest BCUT2D eigenvalue weighted by atomic mass is 9.90. The van der Waals surface area contributed by atoms with Gasteiger partial charge in [-0.25, -0.2) is 4.79 Å². The van der Waals surface area contributed by atoms with Crippen LogP contribution in [0.4, 0.5) is 0 Å². The molecule has 0 amide bonds. The summed E-state index contributed by atoms with van der Waals surface area (Å²) in [6.45, 7) is 5.70. The number of esters is 1. The van der Waals surface area contributed by atoms with Gasteiger partial charge in [-0.2, -0.15) is 0 Å². The smallest absolute Gasteiger partial charge is 0.332 e. The molecule has 0 bridgehead atoms. The molecular weight excluding hydrogens is 264 g/mol. The zero-order valence-electron chi connectivity index (χ0n) is 13.5. The highest BCUT2D eigenvalue weighted by atomic mass is 16.5. The van der Waals surface area contributed by atoms with Gasteiger partial charge >= 0.3 is 5.97 Å². The van der Waals surface area contributed by atoms with E-state index in [-0.39, 0.29) is 5.97 Å². The molecule has 1 aromatic carbocycles. The number of hydrogen-bond acceptors (Lipinski definition) is 4. The van der Waals surface area contributed by atoms with Crippen molar-refractivity contribution in [3.05, 3.63) is 35.9 Å². The molecule has 0 aliphatic heterocycles. The van der Waals surface area contributed by atoms with Gasteiger partial charge in [0, 0.05) is 6.54 Å². The summed E-state index contributed by atoms with van der Waals surface area (Å²) < 4.78 is 5.20. The van der Waals surface area contributed by atoms with Crippen molar-refractivity contribution in [2.45, 2.75) is 38.6 Å². The summed E-state index contributed by atoms with van der Waals surface area (Å²) in [6, 6.07) is 9.48. The maximum absolute atomic E-state index is 12.4. The summed E-state index contributed by atoms with van der Waals surface area (Å²) in [5.74, 6) is -0.362. The summed E-state index contributed by atoms with van der Waals surface area (Å²) in [5.41, 5.74) is 6.12. The van der Waals surface area contributed by atoms with Gasteiger partial charge in [0.05, 0.1) is 6.61 Å². The molecule has 1 atom stereocenters. The molecule has 2 N–H and O–H groups in total. The van der Waals surface area contributed by atoms with Crippen molar-refractivity contribution in [3.63, 3.8) is 0 Å². The summed E-state index contributed by atoms with van der Waals surface area (Å²) in [7, 11) is 2.00. The van der Waals surface area contributed by atoms with E-state index in [1.807, 2.05) is 37.4 Å². The summed E-state index contributed by atoms with van der Waals surface area (Å²) in [6.07, 6.45) is 3.48. The van der Waals surface area contributed by atoms with Crippen LogP contribution in [0.2, 0.25) is 0 Å². The van der Waals surface area contributed by atoms with Gasteiger partial charge in [0.25, 0.3) is 0 Å². The fourth-order valence-corrected chi connectivity index (χ4v) is 2.41. The average Bonchev–Trinajstić information content (AvgIpc) is 2.48. The average molecular weight is 292 g/mol. The zero-order chi connectivity index (χ0) is 15.7. The fraction of sp³-hybridized carbons (Fsp3) is 0.588. The standard InChI is InChI=1S/C17H28N2O2/c1-4-6-10-13-19(3)14-17(18,16(20)21-5-2)15-11-8-7-9-12-15/h7-9,11-12H,4-6,10,13-14,18H2,1-3H3. The van der Waals surface area contributed by atoms with Crippen molar-refractivity contribution in [1.82, 2.24) is 4.90 Å². The molecule has 1 rings (SSSR count). The zero-order valence-corrected chi connectivity index (χ0v) is 13.5. The Labute approximate surface area is 128 Å². The third-order valence-corrected chi connectivity index (χ3v) is 3.59. The van der Waals surface area contributed by atoms with Gasteiger partial charge in [-0.3, -0.25) is 0 Å². The number of nitrogens with zero attached hydrogens (tertiary/aromatic N) is 1. The molecule has 0 saturated carbocycles. The van der Waals surface area contributed by atoms with Gasteiger partial charge in [-0.1, -0.05) is 50.1 Å². The Morgan fingerprint density at radius 1 is 1.24 bits per heavy atom. The van der Waals surface area contributed by atoms with Crippen LogP contribution in [0.15, 0.2) is 30.3 Å². The van der Waals surface area contributed by atoms with Crippen LogP contribution in [0.5, 0.6) is 0 Å². The molecule has 0 aliphatic carbocycles. The summed E-state index contributed by atoms with van der Waals surface area (Å²) in [4.78, 5) is 14.5. The normalized spacial score (nSPS) is 14.0. The summed E-state index contributed by atoms with van der Waals surface area (Å²) in [5, 5.41) is 0. The molecular formula is C17H28N2O2. The first-order chi connectivity index (χ1) is 10.0. The topological polar surface area (TPSA) is 55.6 Å². The van der Waals surface area contributed by atoms with E-state index in [4.69, 9.17) is 10.5 Å². The number of rotatable bonds is 9. The monoisotopic (exact) mass is 292 g/mol. The molecule has 1 unspecified atom stereocenters. The van der Waals surface area contributed by atoms with E-state index in [0.717, 1.165) is 18.5 Å². The van der Waals surface area contributed by atoms with Crippen LogP contribution in [0.3, 0.4) is 0 Å². The Bertz CT molecular complexity index is 422. The molecule has 0 spiro atoms. The van der Waals surface area contributed by atoms with Gasteiger partial charge in [0.2, 0.25) is 0 Å². The van der Waals surface area contributed by atoms with Crippen LogP contribution in [0.25, 0.3) is 0 Å². The van der Waals surface area contributed by atoms with Crippen molar-refractivity contribution in [2.24, 2.45) is 5.73 Å². The van der Waals surface area contributed by atoms with E-state index >= 15 is 0 Å². The van der Waals surface area contributed by atoms with Gasteiger partial charge < -0.3 is 15.4 Å². The van der Waals surface area contributed by atoms with Crippen molar-refractivity contribution >= 4 is 5.97 Å². The van der Waals surface area contributed by atoms with E-state index in [2.05, 4.69) is 11.8 Å². The first-order valence-corrected chi connectivity index (χ1v) is 7.74. The largest absolute Gasteiger partial charge is 0.464 e. The third-order valence-electron chi connectivity index (χ3n) is 3.59. The molecule has 4 nitrogen and oxygen atoms in total. The Morgan fingerprint density at radius 3 is 2.48 bits per heavy atom. The number of unbranched alkanes of at least 4 members (excludes halogenated alkanes) is 2. The molecule has 118 valence electrons. The van der Waals surface area contributed by atoms with Gasteiger partial charge in [0.15, 0.2) is 5.54 Å². The number of likely N-dealkylation sites (N-methyl/N-ethyl adjacent to an activating group) is 1. The highest BCUT2D eigenvalue weighted by Crippen LogP contribution is 2.21. The highest BCUT2D eigenvalue weighted by Gasteiger charge is 2.38. The lowest BCUT2D eigenvalue weighted by Gasteiger charge is -2.32. The second kappa shape index (κ2) is 8.80. The SMILES string of the molecule is CCCCCN(C)CC(N)(C(=O)OCC)c1ccccc1. The Kier molecular flexibility index (Phi) is 7.40. The maximum Gasteiger partial charge on any atom is 0.332 e. The molecule has 1 aromatic rings. The van der Waals surface area contributed by atoms with Crippen molar-refractivity contribution in [1.29, 1.82) is 0 Å². The van der Waals surface area contributed by atoms with Crippen LogP contribution in [-0.2, 0) is 15.1 Å². The number of ether oxygens (including phenoxy) is 1. The van der Waals surface area contributed by atoms with E-state index in [1.165, 1.54) is 12.8 Å². The predicted octanol–water partition coefficient (Wildman–Crippen LogP) is 2.53. The summed E-state index contributed by atoms with van der Waals surface area (Å²) >= 11 is 0. The second-order valence-corrected chi connectivity index (χ2v) is 5.50. The van der Waals surface area contributed by atoms with E-state index in [0.29, 0.717) is 13.2 Å². The molecule has 0 fully saturated rings. The van der Waals surface area contributed by atoms with Crippen LogP contribution >= 0.6 is 0 Å². The number of carbonyl (C=O) groups is 1.